The summed E-state index contributed by atoms with van der Waals surface area (Å²) in [5, 5.41) is 2.50. The lowest BCUT2D eigenvalue weighted by Crippen LogP contribution is -2.30. The SMILES string of the molecule is CCN(C(=O)c1ccc2ncc(-c3ccc(NC(=O)OC)nc3)n2c1)c1ccc(F)c(C)c1. The van der Waals surface area contributed by atoms with Crippen LogP contribution in [0.1, 0.15) is 22.8 Å². The van der Waals surface area contributed by atoms with Crippen molar-refractivity contribution < 1.29 is 18.7 Å². The van der Waals surface area contributed by atoms with Gasteiger partial charge in [0.2, 0.25) is 0 Å². The molecule has 0 spiro atoms. The van der Waals surface area contributed by atoms with Crippen molar-refractivity contribution in [3.8, 4) is 11.3 Å². The Morgan fingerprint density at radius 2 is 1.94 bits per heavy atom. The highest BCUT2D eigenvalue weighted by atomic mass is 19.1. The number of fused-ring (bicyclic) bond motifs is 1. The number of nitrogens with one attached hydrogen (secondary N) is 1. The molecule has 0 aliphatic carbocycles. The molecule has 0 saturated carbocycles. The van der Waals surface area contributed by atoms with Gasteiger partial charge in [0.25, 0.3) is 5.91 Å². The number of benzene rings is 1. The maximum atomic E-state index is 13.7. The predicted molar refractivity (Wildman–Crippen MR) is 123 cm³/mol. The van der Waals surface area contributed by atoms with E-state index in [0.29, 0.717) is 34.8 Å². The number of amides is 2. The van der Waals surface area contributed by atoms with Gasteiger partial charge in [0, 0.05) is 30.2 Å². The van der Waals surface area contributed by atoms with Crippen LogP contribution in [0.15, 0.2) is 61.1 Å². The second-order valence-corrected chi connectivity index (χ2v) is 7.32. The number of anilines is 2. The average molecular weight is 447 g/mol. The van der Waals surface area contributed by atoms with Gasteiger partial charge in [-0.25, -0.2) is 19.2 Å². The van der Waals surface area contributed by atoms with E-state index >= 15 is 0 Å². The molecule has 33 heavy (non-hydrogen) atoms. The van der Waals surface area contributed by atoms with Crippen LogP contribution in [0, 0.1) is 12.7 Å². The zero-order valence-corrected chi connectivity index (χ0v) is 18.4. The summed E-state index contributed by atoms with van der Waals surface area (Å²) in [6.07, 6.45) is 4.40. The van der Waals surface area contributed by atoms with Crippen molar-refractivity contribution in [3.05, 3.63) is 78.0 Å². The summed E-state index contributed by atoms with van der Waals surface area (Å²) >= 11 is 0. The molecule has 0 aliphatic heterocycles. The van der Waals surface area contributed by atoms with E-state index < -0.39 is 6.09 Å². The van der Waals surface area contributed by atoms with Gasteiger partial charge in [-0.2, -0.15) is 0 Å². The molecule has 0 bridgehead atoms. The van der Waals surface area contributed by atoms with Crippen LogP contribution in [-0.4, -0.2) is 40.0 Å². The summed E-state index contributed by atoms with van der Waals surface area (Å²) in [5.74, 6) is -0.169. The Balaban J connectivity index is 1.66. The number of aryl methyl sites for hydroxylation is 1. The number of hydrogen-bond acceptors (Lipinski definition) is 5. The molecular formula is C24H22FN5O3. The van der Waals surface area contributed by atoms with Crippen LogP contribution in [0.5, 0.6) is 0 Å². The Labute approximate surface area is 189 Å². The van der Waals surface area contributed by atoms with Crippen LogP contribution in [0.25, 0.3) is 16.9 Å². The molecule has 8 nitrogen and oxygen atoms in total. The van der Waals surface area contributed by atoms with E-state index in [1.54, 1.807) is 71.2 Å². The highest BCUT2D eigenvalue weighted by molar-refractivity contribution is 6.06. The van der Waals surface area contributed by atoms with Crippen molar-refractivity contribution >= 4 is 29.2 Å². The fourth-order valence-electron chi connectivity index (χ4n) is 3.49. The lowest BCUT2D eigenvalue weighted by molar-refractivity contribution is 0.0988. The van der Waals surface area contributed by atoms with Gasteiger partial charge in [-0.15, -0.1) is 0 Å². The quantitative estimate of drug-likeness (QED) is 0.480. The van der Waals surface area contributed by atoms with Crippen molar-refractivity contribution in [2.24, 2.45) is 0 Å². The second-order valence-electron chi connectivity index (χ2n) is 7.32. The minimum atomic E-state index is -0.606. The smallest absolute Gasteiger partial charge is 0.412 e. The number of carbonyl (C=O) groups excluding carboxylic acids is 2. The third kappa shape index (κ3) is 4.38. The number of methoxy groups -OCH3 is 1. The monoisotopic (exact) mass is 447 g/mol. The number of carbonyl (C=O) groups is 2. The van der Waals surface area contributed by atoms with Gasteiger partial charge in [0.05, 0.1) is 24.6 Å². The van der Waals surface area contributed by atoms with Gasteiger partial charge < -0.3 is 9.64 Å². The Morgan fingerprint density at radius 3 is 2.61 bits per heavy atom. The zero-order chi connectivity index (χ0) is 23.5. The standard InChI is InChI=1S/C24H22FN5O3/c1-4-29(18-7-8-19(25)15(2)11-18)23(31)17-6-10-22-27-13-20(30(22)14-17)16-5-9-21(26-12-16)28-24(32)33-3/h5-14H,4H2,1-3H3,(H,26,28,32). The third-order valence-electron chi connectivity index (χ3n) is 5.24. The summed E-state index contributed by atoms with van der Waals surface area (Å²) in [6, 6.07) is 11.5. The first-order valence-electron chi connectivity index (χ1n) is 10.3. The molecule has 0 radical (unpaired) electrons. The van der Waals surface area contributed by atoms with Gasteiger partial charge >= 0.3 is 6.09 Å². The maximum Gasteiger partial charge on any atom is 0.412 e. The fraction of sp³-hybridized carbons (Fsp3) is 0.167. The summed E-state index contributed by atoms with van der Waals surface area (Å²) in [7, 11) is 1.28. The van der Waals surface area contributed by atoms with E-state index in [4.69, 9.17) is 0 Å². The highest BCUT2D eigenvalue weighted by Gasteiger charge is 2.18. The number of rotatable bonds is 5. The maximum absolute atomic E-state index is 13.7. The van der Waals surface area contributed by atoms with Gasteiger partial charge in [-0.3, -0.25) is 14.5 Å². The van der Waals surface area contributed by atoms with Crippen LogP contribution >= 0.6 is 0 Å². The summed E-state index contributed by atoms with van der Waals surface area (Å²) in [5.41, 5.74) is 3.72. The van der Waals surface area contributed by atoms with E-state index in [1.165, 1.54) is 13.2 Å². The average Bonchev–Trinajstić information content (AvgIpc) is 3.25. The van der Waals surface area contributed by atoms with E-state index in [2.05, 4.69) is 20.0 Å². The van der Waals surface area contributed by atoms with Gasteiger partial charge in [-0.1, -0.05) is 0 Å². The Hall–Kier alpha value is -4.27. The Morgan fingerprint density at radius 1 is 1.12 bits per heavy atom. The molecule has 4 aromatic rings. The molecule has 2 amide bonds. The number of aromatic nitrogens is 3. The van der Waals surface area contributed by atoms with Gasteiger partial charge in [0.1, 0.15) is 17.3 Å². The van der Waals surface area contributed by atoms with Crippen molar-refractivity contribution in [2.45, 2.75) is 13.8 Å². The molecule has 1 aromatic carbocycles. The molecule has 0 atom stereocenters. The highest BCUT2D eigenvalue weighted by Crippen LogP contribution is 2.24. The van der Waals surface area contributed by atoms with E-state index in [1.807, 2.05) is 6.92 Å². The van der Waals surface area contributed by atoms with Crippen molar-refractivity contribution in [1.29, 1.82) is 0 Å². The molecular weight excluding hydrogens is 425 g/mol. The van der Waals surface area contributed by atoms with E-state index in [9.17, 15) is 14.0 Å². The van der Waals surface area contributed by atoms with Crippen LogP contribution < -0.4 is 10.2 Å². The Bertz CT molecular complexity index is 1330. The molecule has 1 N–H and O–H groups in total. The number of hydrogen-bond donors (Lipinski definition) is 1. The minimum absolute atomic E-state index is 0.208. The van der Waals surface area contributed by atoms with Gasteiger partial charge in [-0.05, 0) is 61.9 Å². The topological polar surface area (TPSA) is 88.8 Å². The molecule has 0 fully saturated rings. The van der Waals surface area contributed by atoms with Gasteiger partial charge in [0.15, 0.2) is 0 Å². The molecule has 4 rings (SSSR count). The van der Waals surface area contributed by atoms with Crippen molar-refractivity contribution in [3.63, 3.8) is 0 Å². The molecule has 9 heteroatoms. The lowest BCUT2D eigenvalue weighted by Gasteiger charge is -2.22. The largest absolute Gasteiger partial charge is 0.453 e. The van der Waals surface area contributed by atoms with Crippen LogP contribution in [0.3, 0.4) is 0 Å². The van der Waals surface area contributed by atoms with Crippen molar-refractivity contribution in [2.75, 3.05) is 23.9 Å². The number of ether oxygens (including phenoxy) is 1. The van der Waals surface area contributed by atoms with Crippen molar-refractivity contribution in [1.82, 2.24) is 14.4 Å². The summed E-state index contributed by atoms with van der Waals surface area (Å²) in [6.45, 7) is 3.96. The first kappa shape index (κ1) is 21.9. The zero-order valence-electron chi connectivity index (χ0n) is 18.4. The lowest BCUT2D eigenvalue weighted by atomic mass is 10.1. The fourth-order valence-corrected chi connectivity index (χ4v) is 3.49. The molecule has 3 heterocycles. The van der Waals surface area contributed by atoms with E-state index in [0.717, 1.165) is 11.3 Å². The number of halogens is 1. The normalized spacial score (nSPS) is 10.8. The molecule has 0 saturated heterocycles. The van der Waals surface area contributed by atoms with Crippen LogP contribution in [0.2, 0.25) is 0 Å². The first-order valence-corrected chi connectivity index (χ1v) is 10.3. The third-order valence-corrected chi connectivity index (χ3v) is 5.24. The Kier molecular flexibility index (Phi) is 6.03. The summed E-state index contributed by atoms with van der Waals surface area (Å²) in [4.78, 5) is 34.9. The minimum Gasteiger partial charge on any atom is -0.453 e. The number of imidazole rings is 1. The molecule has 168 valence electrons. The second kappa shape index (κ2) is 9.07. The number of pyridine rings is 2. The number of nitrogens with zero attached hydrogens (tertiary/aromatic N) is 4. The summed E-state index contributed by atoms with van der Waals surface area (Å²) < 4.78 is 20.1. The molecule has 0 aliphatic rings. The predicted octanol–water partition coefficient (Wildman–Crippen LogP) is 4.69. The van der Waals surface area contributed by atoms with Crippen LogP contribution in [0.4, 0.5) is 20.7 Å². The first-order chi connectivity index (χ1) is 15.9. The van der Waals surface area contributed by atoms with E-state index in [-0.39, 0.29) is 11.7 Å². The molecule has 0 unspecified atom stereocenters. The van der Waals surface area contributed by atoms with Crippen LogP contribution in [-0.2, 0) is 4.74 Å². The molecule has 3 aromatic heterocycles.